The molecule has 0 bridgehead atoms. The van der Waals surface area contributed by atoms with E-state index in [0.717, 1.165) is 11.4 Å². The Labute approximate surface area is 169 Å². The third-order valence-corrected chi connectivity index (χ3v) is 4.90. The minimum Gasteiger partial charge on any atom is -0.453 e. The summed E-state index contributed by atoms with van der Waals surface area (Å²) in [6.07, 6.45) is 1.60. The molecule has 4 aromatic rings. The van der Waals surface area contributed by atoms with Gasteiger partial charge in [-0.1, -0.05) is 18.2 Å². The SMILES string of the molecule is CC(=O)N(c1ccccc1)c1nc(COC(=O)c2nc3nccc(C)n3n2)cs1. The number of amides is 1. The normalized spacial score (nSPS) is 10.8. The van der Waals surface area contributed by atoms with Gasteiger partial charge in [0.1, 0.15) is 6.61 Å². The van der Waals surface area contributed by atoms with Crippen molar-refractivity contribution in [1.82, 2.24) is 24.6 Å². The number of hydrogen-bond acceptors (Lipinski definition) is 8. The smallest absolute Gasteiger partial charge is 0.378 e. The fourth-order valence-electron chi connectivity index (χ4n) is 2.67. The van der Waals surface area contributed by atoms with Crippen molar-refractivity contribution in [3.8, 4) is 0 Å². The first-order valence-electron chi connectivity index (χ1n) is 8.68. The number of carbonyl (C=O) groups is 2. The molecule has 0 unspecified atom stereocenters. The van der Waals surface area contributed by atoms with E-state index < -0.39 is 5.97 Å². The number of para-hydroxylation sites is 1. The Hall–Kier alpha value is -3.66. The molecule has 0 N–H and O–H groups in total. The Morgan fingerprint density at radius 3 is 2.69 bits per heavy atom. The van der Waals surface area contributed by atoms with E-state index in [2.05, 4.69) is 20.1 Å². The number of rotatable bonds is 5. The lowest BCUT2D eigenvalue weighted by molar-refractivity contribution is -0.115. The van der Waals surface area contributed by atoms with Crippen LogP contribution in [0.25, 0.3) is 5.78 Å². The molecule has 0 saturated heterocycles. The van der Waals surface area contributed by atoms with E-state index in [-0.39, 0.29) is 18.3 Å². The van der Waals surface area contributed by atoms with Crippen molar-refractivity contribution in [2.24, 2.45) is 0 Å². The van der Waals surface area contributed by atoms with Gasteiger partial charge in [-0.05, 0) is 25.1 Å². The van der Waals surface area contributed by atoms with Crippen LogP contribution >= 0.6 is 11.3 Å². The third-order valence-electron chi connectivity index (χ3n) is 4.02. The van der Waals surface area contributed by atoms with Crippen molar-refractivity contribution >= 4 is 39.8 Å². The maximum Gasteiger partial charge on any atom is 0.378 e. The highest BCUT2D eigenvalue weighted by Gasteiger charge is 2.19. The van der Waals surface area contributed by atoms with Crippen LogP contribution in [0.2, 0.25) is 0 Å². The molecule has 0 fully saturated rings. The van der Waals surface area contributed by atoms with Gasteiger partial charge in [0.05, 0.1) is 11.4 Å². The van der Waals surface area contributed by atoms with E-state index in [4.69, 9.17) is 4.74 Å². The molecule has 0 aliphatic carbocycles. The highest BCUT2D eigenvalue weighted by atomic mass is 32.1. The second-order valence-corrected chi connectivity index (χ2v) is 6.96. The van der Waals surface area contributed by atoms with Gasteiger partial charge in [0, 0.05) is 24.2 Å². The zero-order chi connectivity index (χ0) is 20.4. The van der Waals surface area contributed by atoms with Crippen LogP contribution in [0.3, 0.4) is 0 Å². The maximum atomic E-state index is 12.3. The van der Waals surface area contributed by atoms with Crippen LogP contribution in [0.5, 0.6) is 0 Å². The summed E-state index contributed by atoms with van der Waals surface area (Å²) in [4.78, 5) is 38.5. The fraction of sp³-hybridized carbons (Fsp3) is 0.158. The summed E-state index contributed by atoms with van der Waals surface area (Å²) in [6, 6.07) is 11.0. The van der Waals surface area contributed by atoms with E-state index in [1.165, 1.54) is 27.7 Å². The molecule has 0 aliphatic rings. The lowest BCUT2D eigenvalue weighted by atomic mass is 10.3. The van der Waals surface area contributed by atoms with Gasteiger partial charge in [-0.3, -0.25) is 9.69 Å². The number of carbonyl (C=O) groups excluding carboxylic acids is 2. The Morgan fingerprint density at radius 2 is 1.97 bits per heavy atom. The Kier molecular flexibility index (Phi) is 5.00. The summed E-state index contributed by atoms with van der Waals surface area (Å²) < 4.78 is 6.75. The number of hydrogen-bond donors (Lipinski definition) is 0. The lowest BCUT2D eigenvalue weighted by Gasteiger charge is -2.17. The zero-order valence-electron chi connectivity index (χ0n) is 15.6. The van der Waals surface area contributed by atoms with Crippen LogP contribution in [0.15, 0.2) is 48.0 Å². The number of thiazole rings is 1. The van der Waals surface area contributed by atoms with Gasteiger partial charge in [-0.15, -0.1) is 16.4 Å². The van der Waals surface area contributed by atoms with Crippen LogP contribution in [0.4, 0.5) is 10.8 Å². The molecule has 3 heterocycles. The summed E-state index contributed by atoms with van der Waals surface area (Å²) >= 11 is 1.29. The summed E-state index contributed by atoms with van der Waals surface area (Å²) in [5.74, 6) is -0.577. The number of ether oxygens (including phenoxy) is 1. The van der Waals surface area contributed by atoms with Gasteiger partial charge in [0.2, 0.25) is 5.91 Å². The highest BCUT2D eigenvalue weighted by molar-refractivity contribution is 7.14. The van der Waals surface area contributed by atoms with Gasteiger partial charge in [-0.25, -0.2) is 19.3 Å². The monoisotopic (exact) mass is 408 g/mol. The molecule has 0 saturated carbocycles. The average Bonchev–Trinajstić information content (AvgIpc) is 3.35. The summed E-state index contributed by atoms with van der Waals surface area (Å²) in [6.45, 7) is 3.25. The largest absolute Gasteiger partial charge is 0.453 e. The van der Waals surface area contributed by atoms with Gasteiger partial charge in [0.15, 0.2) is 5.13 Å². The van der Waals surface area contributed by atoms with Crippen molar-refractivity contribution in [3.63, 3.8) is 0 Å². The predicted molar refractivity (Wildman–Crippen MR) is 106 cm³/mol. The lowest BCUT2D eigenvalue weighted by Crippen LogP contribution is -2.22. The van der Waals surface area contributed by atoms with Crippen molar-refractivity contribution in [1.29, 1.82) is 0 Å². The van der Waals surface area contributed by atoms with Crippen molar-refractivity contribution in [3.05, 3.63) is 65.2 Å². The van der Waals surface area contributed by atoms with Gasteiger partial charge >= 0.3 is 5.97 Å². The highest BCUT2D eigenvalue weighted by Crippen LogP contribution is 2.28. The molecule has 0 aliphatic heterocycles. The van der Waals surface area contributed by atoms with Gasteiger partial charge in [-0.2, -0.15) is 4.98 Å². The van der Waals surface area contributed by atoms with Crippen LogP contribution in [0, 0.1) is 6.92 Å². The van der Waals surface area contributed by atoms with Crippen molar-refractivity contribution < 1.29 is 14.3 Å². The maximum absolute atomic E-state index is 12.3. The summed E-state index contributed by atoms with van der Waals surface area (Å²) in [7, 11) is 0. The Morgan fingerprint density at radius 1 is 1.17 bits per heavy atom. The number of fused-ring (bicyclic) bond motifs is 1. The molecule has 9 nitrogen and oxygen atoms in total. The van der Waals surface area contributed by atoms with Crippen LogP contribution in [-0.4, -0.2) is 36.4 Å². The predicted octanol–water partition coefficient (Wildman–Crippen LogP) is 2.93. The van der Waals surface area contributed by atoms with E-state index in [0.29, 0.717) is 16.6 Å². The molecule has 0 spiro atoms. The first-order valence-corrected chi connectivity index (χ1v) is 9.56. The molecular formula is C19H16N6O3S. The average molecular weight is 408 g/mol. The molecule has 10 heteroatoms. The summed E-state index contributed by atoms with van der Waals surface area (Å²) in [5.41, 5.74) is 2.05. The first kappa shape index (κ1) is 18.7. The first-order chi connectivity index (χ1) is 14.0. The molecule has 0 atom stereocenters. The number of nitrogens with zero attached hydrogens (tertiary/aromatic N) is 6. The Bertz CT molecular complexity index is 1190. The molecule has 146 valence electrons. The van der Waals surface area contributed by atoms with Gasteiger partial charge < -0.3 is 4.74 Å². The number of anilines is 2. The van der Waals surface area contributed by atoms with E-state index >= 15 is 0 Å². The van der Waals surface area contributed by atoms with Crippen molar-refractivity contribution in [2.45, 2.75) is 20.5 Å². The van der Waals surface area contributed by atoms with E-state index in [9.17, 15) is 9.59 Å². The minimum absolute atomic E-state index is 0.0577. The van der Waals surface area contributed by atoms with Crippen LogP contribution in [-0.2, 0) is 16.1 Å². The number of aryl methyl sites for hydroxylation is 1. The topological polar surface area (TPSA) is 103 Å². The van der Waals surface area contributed by atoms with E-state index in [1.807, 2.05) is 37.3 Å². The molecule has 1 amide bonds. The molecule has 4 rings (SSSR count). The fourth-order valence-corrected chi connectivity index (χ4v) is 3.54. The zero-order valence-corrected chi connectivity index (χ0v) is 16.5. The van der Waals surface area contributed by atoms with E-state index in [1.54, 1.807) is 17.6 Å². The molecule has 3 aromatic heterocycles. The molecule has 0 radical (unpaired) electrons. The molecule has 29 heavy (non-hydrogen) atoms. The van der Waals surface area contributed by atoms with Crippen LogP contribution < -0.4 is 4.90 Å². The number of aromatic nitrogens is 5. The van der Waals surface area contributed by atoms with Crippen LogP contribution in [0.1, 0.15) is 28.9 Å². The standard InChI is InChI=1S/C19H16N6O3S/c1-12-8-9-20-18-22-16(23-25(12)18)17(27)28-10-14-11-29-19(21-14)24(13(2)26)15-6-4-3-5-7-15/h3-9,11H,10H2,1-2H3. The molecule has 1 aromatic carbocycles. The van der Waals surface area contributed by atoms with Gasteiger partial charge in [0.25, 0.3) is 11.6 Å². The number of benzene rings is 1. The quantitative estimate of drug-likeness (QED) is 0.468. The molecular weight excluding hydrogens is 392 g/mol. The summed E-state index contributed by atoms with van der Waals surface area (Å²) in [5, 5.41) is 6.36. The Balaban J connectivity index is 1.48. The second-order valence-electron chi connectivity index (χ2n) is 6.12. The van der Waals surface area contributed by atoms with Crippen molar-refractivity contribution in [2.75, 3.05) is 4.90 Å². The minimum atomic E-state index is -0.670. The second kappa shape index (κ2) is 7.76. The number of esters is 1. The third kappa shape index (κ3) is 3.83.